The van der Waals surface area contributed by atoms with Gasteiger partial charge in [0.05, 0.1) is 17.2 Å². The molecule has 1 N–H and O–H groups in total. The van der Waals surface area contributed by atoms with Crippen LogP contribution in [0.1, 0.15) is 37.8 Å². The number of aryl methyl sites for hydroxylation is 1. The number of nitrogens with zero attached hydrogens (tertiary/aromatic N) is 2. The number of ether oxygens (including phenoxy) is 1. The maximum atomic E-state index is 13.6. The van der Waals surface area contributed by atoms with E-state index in [-0.39, 0.29) is 17.3 Å². The highest BCUT2D eigenvalue weighted by molar-refractivity contribution is 7.92. The SMILES string of the molecule is CCOc1ccc(S(=O)(=O)N(CC(=O)NCc2ccc(N3CCCC(C)C3)cc2)c2ccc(C)cc2)cc1. The summed E-state index contributed by atoms with van der Waals surface area (Å²) in [5, 5.41) is 2.89. The van der Waals surface area contributed by atoms with Crippen LogP contribution in [0.15, 0.2) is 77.7 Å². The number of piperidine rings is 1. The molecule has 0 bridgehead atoms. The summed E-state index contributed by atoms with van der Waals surface area (Å²) in [5.74, 6) is 0.902. The number of amides is 1. The van der Waals surface area contributed by atoms with E-state index in [2.05, 4.69) is 29.3 Å². The molecule has 0 aromatic heterocycles. The summed E-state index contributed by atoms with van der Waals surface area (Å²) in [6, 6.07) is 21.6. The van der Waals surface area contributed by atoms with Gasteiger partial charge in [0.15, 0.2) is 0 Å². The Morgan fingerprint density at radius 3 is 2.34 bits per heavy atom. The van der Waals surface area contributed by atoms with Crippen LogP contribution in [0.2, 0.25) is 0 Å². The van der Waals surface area contributed by atoms with Gasteiger partial charge in [0.25, 0.3) is 10.0 Å². The third-order valence-corrected chi connectivity index (χ3v) is 8.57. The number of hydrogen-bond donors (Lipinski definition) is 1. The van der Waals surface area contributed by atoms with E-state index in [9.17, 15) is 13.2 Å². The van der Waals surface area contributed by atoms with Crippen molar-refractivity contribution in [3.05, 3.63) is 83.9 Å². The Balaban J connectivity index is 1.45. The molecule has 38 heavy (non-hydrogen) atoms. The van der Waals surface area contributed by atoms with Gasteiger partial charge < -0.3 is 15.0 Å². The number of carbonyl (C=O) groups is 1. The lowest BCUT2D eigenvalue weighted by molar-refractivity contribution is -0.119. The molecule has 1 fully saturated rings. The van der Waals surface area contributed by atoms with E-state index in [1.807, 2.05) is 38.1 Å². The van der Waals surface area contributed by atoms with Crippen LogP contribution < -0.4 is 19.3 Å². The van der Waals surface area contributed by atoms with Crippen LogP contribution in [0.5, 0.6) is 5.75 Å². The normalized spacial score (nSPS) is 15.7. The van der Waals surface area contributed by atoms with Crippen LogP contribution >= 0.6 is 0 Å². The highest BCUT2D eigenvalue weighted by Gasteiger charge is 2.27. The molecular formula is C30H37N3O4S. The Labute approximate surface area is 226 Å². The minimum Gasteiger partial charge on any atom is -0.494 e. The number of carbonyl (C=O) groups excluding carboxylic acids is 1. The average Bonchev–Trinajstić information content (AvgIpc) is 2.92. The van der Waals surface area contributed by atoms with Crippen molar-refractivity contribution in [1.82, 2.24) is 5.32 Å². The fourth-order valence-corrected chi connectivity index (χ4v) is 6.08. The van der Waals surface area contributed by atoms with Gasteiger partial charge in [-0.05, 0) is 86.7 Å². The van der Waals surface area contributed by atoms with E-state index < -0.39 is 10.0 Å². The quantitative estimate of drug-likeness (QED) is 0.389. The highest BCUT2D eigenvalue weighted by atomic mass is 32.2. The maximum Gasteiger partial charge on any atom is 0.264 e. The first-order chi connectivity index (χ1) is 18.3. The lowest BCUT2D eigenvalue weighted by Crippen LogP contribution is -2.40. The van der Waals surface area contributed by atoms with Crippen molar-refractivity contribution in [1.29, 1.82) is 0 Å². The fraction of sp³-hybridized carbons (Fsp3) is 0.367. The number of sulfonamides is 1. The molecule has 202 valence electrons. The van der Waals surface area contributed by atoms with Gasteiger partial charge in [0, 0.05) is 25.3 Å². The van der Waals surface area contributed by atoms with Crippen LogP contribution in [-0.2, 0) is 21.4 Å². The zero-order chi connectivity index (χ0) is 27.1. The van der Waals surface area contributed by atoms with E-state index in [1.165, 1.54) is 30.7 Å². The van der Waals surface area contributed by atoms with Gasteiger partial charge in [-0.25, -0.2) is 8.42 Å². The topological polar surface area (TPSA) is 79.0 Å². The number of rotatable bonds is 10. The molecule has 1 aliphatic heterocycles. The first-order valence-corrected chi connectivity index (χ1v) is 14.6. The standard InChI is InChI=1S/C30H37N3O4S/c1-4-37-28-15-17-29(18-16-28)38(35,36)33(27-11-7-23(2)8-12-27)22-30(34)31-20-25-9-13-26(14-10-25)32-19-5-6-24(3)21-32/h7-18,24H,4-6,19-22H2,1-3H3,(H,31,34). The Kier molecular flexibility index (Phi) is 8.94. The Bertz CT molecular complexity index is 1310. The highest BCUT2D eigenvalue weighted by Crippen LogP contribution is 2.26. The third kappa shape index (κ3) is 6.86. The molecule has 0 radical (unpaired) electrons. The molecule has 0 aliphatic carbocycles. The van der Waals surface area contributed by atoms with Crippen LogP contribution in [0.3, 0.4) is 0 Å². The first kappa shape index (κ1) is 27.5. The van der Waals surface area contributed by atoms with Crippen molar-refractivity contribution in [2.24, 2.45) is 5.92 Å². The molecule has 4 rings (SSSR count). The monoisotopic (exact) mass is 535 g/mol. The molecule has 8 heteroatoms. The van der Waals surface area contributed by atoms with Gasteiger partial charge in [0.2, 0.25) is 5.91 Å². The van der Waals surface area contributed by atoms with Crippen molar-refractivity contribution in [3.63, 3.8) is 0 Å². The lowest BCUT2D eigenvalue weighted by Gasteiger charge is -2.32. The fourth-order valence-electron chi connectivity index (χ4n) is 4.66. The lowest BCUT2D eigenvalue weighted by atomic mass is 9.99. The molecular weight excluding hydrogens is 498 g/mol. The second kappa shape index (κ2) is 12.3. The predicted octanol–water partition coefficient (Wildman–Crippen LogP) is 5.14. The van der Waals surface area contributed by atoms with E-state index in [0.717, 1.165) is 28.5 Å². The van der Waals surface area contributed by atoms with Crippen molar-refractivity contribution < 1.29 is 17.9 Å². The molecule has 7 nitrogen and oxygen atoms in total. The summed E-state index contributed by atoms with van der Waals surface area (Å²) >= 11 is 0. The minimum absolute atomic E-state index is 0.0944. The predicted molar refractivity (Wildman–Crippen MR) is 152 cm³/mol. The minimum atomic E-state index is -3.99. The maximum absolute atomic E-state index is 13.6. The van der Waals surface area contributed by atoms with Crippen molar-refractivity contribution in [3.8, 4) is 5.75 Å². The van der Waals surface area contributed by atoms with Crippen LogP contribution in [0.4, 0.5) is 11.4 Å². The second-order valence-corrected chi connectivity index (χ2v) is 11.8. The third-order valence-electron chi connectivity index (χ3n) is 6.78. The first-order valence-electron chi connectivity index (χ1n) is 13.2. The van der Waals surface area contributed by atoms with E-state index in [1.54, 1.807) is 24.3 Å². The van der Waals surface area contributed by atoms with E-state index in [4.69, 9.17) is 4.74 Å². The van der Waals surface area contributed by atoms with Gasteiger partial charge >= 0.3 is 0 Å². The Hall–Kier alpha value is -3.52. The largest absolute Gasteiger partial charge is 0.494 e. The summed E-state index contributed by atoms with van der Waals surface area (Å²) in [6.07, 6.45) is 2.48. The molecule has 1 atom stereocenters. The van der Waals surface area contributed by atoms with Crippen molar-refractivity contribution >= 4 is 27.3 Å². The van der Waals surface area contributed by atoms with Crippen LogP contribution in [-0.4, -0.2) is 40.6 Å². The molecule has 1 heterocycles. The number of nitrogens with one attached hydrogen (secondary N) is 1. The van der Waals surface area contributed by atoms with Crippen LogP contribution in [0.25, 0.3) is 0 Å². The molecule has 0 saturated carbocycles. The van der Waals surface area contributed by atoms with Crippen molar-refractivity contribution in [2.75, 3.05) is 35.4 Å². The summed E-state index contributed by atoms with van der Waals surface area (Å²) in [7, 11) is -3.99. The number of benzene rings is 3. The summed E-state index contributed by atoms with van der Waals surface area (Å²) < 4.78 is 33.8. The molecule has 1 unspecified atom stereocenters. The number of hydrogen-bond acceptors (Lipinski definition) is 5. The molecule has 3 aromatic rings. The van der Waals surface area contributed by atoms with E-state index in [0.29, 0.717) is 30.5 Å². The second-order valence-electron chi connectivity index (χ2n) is 9.89. The van der Waals surface area contributed by atoms with Gasteiger partial charge in [-0.2, -0.15) is 0 Å². The number of anilines is 2. The zero-order valence-corrected chi connectivity index (χ0v) is 23.2. The smallest absolute Gasteiger partial charge is 0.264 e. The van der Waals surface area contributed by atoms with Gasteiger partial charge in [-0.3, -0.25) is 9.10 Å². The molecule has 3 aromatic carbocycles. The average molecular weight is 536 g/mol. The van der Waals surface area contributed by atoms with Gasteiger partial charge in [-0.15, -0.1) is 0 Å². The molecule has 1 saturated heterocycles. The Morgan fingerprint density at radius 1 is 1.03 bits per heavy atom. The van der Waals surface area contributed by atoms with Crippen molar-refractivity contribution in [2.45, 2.75) is 45.1 Å². The van der Waals surface area contributed by atoms with Crippen LogP contribution in [0, 0.1) is 12.8 Å². The van der Waals surface area contributed by atoms with Gasteiger partial charge in [-0.1, -0.05) is 36.8 Å². The summed E-state index contributed by atoms with van der Waals surface area (Å²) in [5.41, 5.74) is 3.58. The zero-order valence-electron chi connectivity index (χ0n) is 22.4. The van der Waals surface area contributed by atoms with E-state index >= 15 is 0 Å². The molecule has 1 amide bonds. The molecule has 1 aliphatic rings. The summed E-state index contributed by atoms with van der Waals surface area (Å²) in [4.78, 5) is 15.5. The molecule has 0 spiro atoms. The van der Waals surface area contributed by atoms with Gasteiger partial charge in [0.1, 0.15) is 12.3 Å². The summed E-state index contributed by atoms with van der Waals surface area (Å²) in [6.45, 7) is 8.69. The Morgan fingerprint density at radius 2 is 1.71 bits per heavy atom.